The predicted octanol–water partition coefficient (Wildman–Crippen LogP) is 2.91. The highest BCUT2D eigenvalue weighted by Crippen LogP contribution is 2.08. The molecule has 0 atom stereocenters. The zero-order valence-electron chi connectivity index (χ0n) is 10.8. The van der Waals surface area contributed by atoms with E-state index in [4.69, 9.17) is 5.73 Å². The van der Waals surface area contributed by atoms with Crippen molar-refractivity contribution in [2.75, 3.05) is 12.3 Å². The van der Waals surface area contributed by atoms with E-state index in [0.29, 0.717) is 0 Å². The molecule has 0 radical (unpaired) electrons. The zero-order chi connectivity index (χ0) is 12.8. The number of nitrogens with two attached hydrogens (primary N) is 1. The Labute approximate surface area is 109 Å². The molecular weight excluding hydrogens is 220 g/mol. The van der Waals surface area contributed by atoms with E-state index in [0.717, 1.165) is 25.2 Å². The second-order valence-corrected chi connectivity index (χ2v) is 4.60. The molecule has 2 aromatic rings. The maximum atomic E-state index is 5.75. The molecule has 0 aliphatic carbocycles. The van der Waals surface area contributed by atoms with Gasteiger partial charge in [-0.25, -0.2) is 0 Å². The van der Waals surface area contributed by atoms with Crippen LogP contribution in [0.25, 0.3) is 0 Å². The third kappa shape index (κ3) is 3.60. The Balaban J connectivity index is 1.78. The van der Waals surface area contributed by atoms with Crippen LogP contribution in [-0.2, 0) is 13.0 Å². The predicted molar refractivity (Wildman–Crippen MR) is 77.4 cm³/mol. The highest BCUT2D eigenvalue weighted by atomic mass is 14.8. The lowest BCUT2D eigenvalue weighted by Gasteiger charge is -2.07. The van der Waals surface area contributed by atoms with Gasteiger partial charge in [-0.3, -0.25) is 0 Å². The average Bonchev–Trinajstić information content (AvgIpc) is 2.37. The Bertz CT molecular complexity index is 506. The number of nitrogen functional groups attached to an aromatic ring is 1. The summed E-state index contributed by atoms with van der Waals surface area (Å²) in [7, 11) is 0. The first-order chi connectivity index (χ1) is 8.75. The van der Waals surface area contributed by atoms with Gasteiger partial charge < -0.3 is 11.1 Å². The van der Waals surface area contributed by atoms with E-state index in [1.807, 2.05) is 18.2 Å². The monoisotopic (exact) mass is 240 g/mol. The molecule has 0 fully saturated rings. The molecule has 3 N–H and O–H groups in total. The van der Waals surface area contributed by atoms with Crippen molar-refractivity contribution in [1.29, 1.82) is 0 Å². The van der Waals surface area contributed by atoms with Crippen LogP contribution in [0.1, 0.15) is 16.7 Å². The van der Waals surface area contributed by atoms with Crippen LogP contribution in [0.2, 0.25) is 0 Å². The first-order valence-electron chi connectivity index (χ1n) is 6.35. The van der Waals surface area contributed by atoms with Crippen LogP contribution in [-0.4, -0.2) is 6.54 Å². The smallest absolute Gasteiger partial charge is 0.0317 e. The van der Waals surface area contributed by atoms with Crippen molar-refractivity contribution in [3.63, 3.8) is 0 Å². The molecule has 94 valence electrons. The highest BCUT2D eigenvalue weighted by molar-refractivity contribution is 5.40. The van der Waals surface area contributed by atoms with Gasteiger partial charge in [0.2, 0.25) is 0 Å². The van der Waals surface area contributed by atoms with E-state index >= 15 is 0 Å². The summed E-state index contributed by atoms with van der Waals surface area (Å²) >= 11 is 0. The minimum absolute atomic E-state index is 0.827. The molecule has 0 bridgehead atoms. The summed E-state index contributed by atoms with van der Waals surface area (Å²) in [5.74, 6) is 0. The summed E-state index contributed by atoms with van der Waals surface area (Å²) < 4.78 is 0. The normalized spacial score (nSPS) is 10.5. The van der Waals surface area contributed by atoms with E-state index in [1.165, 1.54) is 16.7 Å². The third-order valence-corrected chi connectivity index (χ3v) is 3.11. The molecule has 0 spiro atoms. The van der Waals surface area contributed by atoms with Gasteiger partial charge in [0.05, 0.1) is 0 Å². The molecule has 0 unspecified atom stereocenters. The fraction of sp³-hybridized carbons (Fsp3) is 0.250. The lowest BCUT2D eigenvalue weighted by atomic mass is 10.1. The van der Waals surface area contributed by atoms with Gasteiger partial charge in [0.25, 0.3) is 0 Å². The average molecular weight is 240 g/mol. The minimum atomic E-state index is 0.827. The lowest BCUT2D eigenvalue weighted by Crippen LogP contribution is -2.17. The zero-order valence-corrected chi connectivity index (χ0v) is 10.8. The molecule has 0 saturated heterocycles. The summed E-state index contributed by atoms with van der Waals surface area (Å²) in [5, 5.41) is 3.45. The lowest BCUT2D eigenvalue weighted by molar-refractivity contribution is 0.686. The highest BCUT2D eigenvalue weighted by Gasteiger charge is 1.97. The van der Waals surface area contributed by atoms with Crippen LogP contribution < -0.4 is 11.1 Å². The summed E-state index contributed by atoms with van der Waals surface area (Å²) in [6.45, 7) is 4.02. The van der Waals surface area contributed by atoms with Crippen molar-refractivity contribution in [2.45, 2.75) is 19.9 Å². The van der Waals surface area contributed by atoms with Crippen LogP contribution in [0.15, 0.2) is 48.5 Å². The van der Waals surface area contributed by atoms with Crippen LogP contribution in [0.4, 0.5) is 5.69 Å². The van der Waals surface area contributed by atoms with Crippen molar-refractivity contribution in [1.82, 2.24) is 5.32 Å². The molecule has 0 aromatic heterocycles. The summed E-state index contributed by atoms with van der Waals surface area (Å²) in [6.07, 6.45) is 1.06. The number of anilines is 1. The molecule has 2 nitrogen and oxygen atoms in total. The number of benzene rings is 2. The Morgan fingerprint density at radius 1 is 1.06 bits per heavy atom. The fourth-order valence-corrected chi connectivity index (χ4v) is 2.05. The number of aryl methyl sites for hydroxylation is 1. The van der Waals surface area contributed by atoms with Gasteiger partial charge in [-0.2, -0.15) is 0 Å². The van der Waals surface area contributed by atoms with Gasteiger partial charge in [-0.05, 0) is 48.7 Å². The van der Waals surface area contributed by atoms with Gasteiger partial charge in [-0.15, -0.1) is 0 Å². The molecule has 0 aliphatic heterocycles. The Morgan fingerprint density at radius 2 is 1.89 bits per heavy atom. The standard InChI is InChI=1S/C16H20N2/c1-13-5-2-3-7-15(13)9-10-18-12-14-6-4-8-16(17)11-14/h2-8,11,18H,9-10,12,17H2,1H3. The van der Waals surface area contributed by atoms with Gasteiger partial charge in [-0.1, -0.05) is 36.4 Å². The maximum absolute atomic E-state index is 5.75. The van der Waals surface area contributed by atoms with Gasteiger partial charge in [0.1, 0.15) is 0 Å². The molecule has 2 rings (SSSR count). The first kappa shape index (κ1) is 12.7. The van der Waals surface area contributed by atoms with Crippen molar-refractivity contribution in [3.8, 4) is 0 Å². The van der Waals surface area contributed by atoms with Crippen molar-refractivity contribution in [2.24, 2.45) is 0 Å². The molecule has 0 saturated carbocycles. The first-order valence-corrected chi connectivity index (χ1v) is 6.35. The Hall–Kier alpha value is -1.80. The molecule has 0 aliphatic rings. The van der Waals surface area contributed by atoms with Crippen molar-refractivity contribution >= 4 is 5.69 Å². The van der Waals surface area contributed by atoms with Crippen LogP contribution in [0.5, 0.6) is 0 Å². The van der Waals surface area contributed by atoms with E-state index in [1.54, 1.807) is 0 Å². The van der Waals surface area contributed by atoms with Crippen LogP contribution in [0.3, 0.4) is 0 Å². The molecule has 0 heterocycles. The Kier molecular flexibility index (Phi) is 4.37. The molecule has 18 heavy (non-hydrogen) atoms. The van der Waals surface area contributed by atoms with Crippen molar-refractivity contribution < 1.29 is 0 Å². The fourth-order valence-electron chi connectivity index (χ4n) is 2.05. The molecule has 2 heteroatoms. The van der Waals surface area contributed by atoms with Crippen LogP contribution >= 0.6 is 0 Å². The van der Waals surface area contributed by atoms with E-state index in [9.17, 15) is 0 Å². The minimum Gasteiger partial charge on any atom is -0.399 e. The largest absolute Gasteiger partial charge is 0.399 e. The van der Waals surface area contributed by atoms with Crippen LogP contribution in [0, 0.1) is 6.92 Å². The second-order valence-electron chi connectivity index (χ2n) is 4.60. The summed E-state index contributed by atoms with van der Waals surface area (Å²) in [6, 6.07) is 16.5. The second kappa shape index (κ2) is 6.22. The number of nitrogens with one attached hydrogen (secondary N) is 1. The van der Waals surface area contributed by atoms with Gasteiger partial charge in [0.15, 0.2) is 0 Å². The van der Waals surface area contributed by atoms with E-state index in [-0.39, 0.29) is 0 Å². The molecule has 2 aromatic carbocycles. The molecular formula is C16H20N2. The third-order valence-electron chi connectivity index (χ3n) is 3.11. The van der Waals surface area contributed by atoms with Gasteiger partial charge >= 0.3 is 0 Å². The summed E-state index contributed by atoms with van der Waals surface area (Å²) in [5.41, 5.74) is 10.6. The summed E-state index contributed by atoms with van der Waals surface area (Å²) in [4.78, 5) is 0. The van der Waals surface area contributed by atoms with Crippen molar-refractivity contribution in [3.05, 3.63) is 65.2 Å². The van der Waals surface area contributed by atoms with E-state index < -0.39 is 0 Å². The topological polar surface area (TPSA) is 38.0 Å². The molecule has 0 amide bonds. The van der Waals surface area contributed by atoms with E-state index in [2.05, 4.69) is 42.6 Å². The Morgan fingerprint density at radius 3 is 2.67 bits per heavy atom. The number of hydrogen-bond donors (Lipinski definition) is 2. The maximum Gasteiger partial charge on any atom is 0.0317 e. The number of rotatable bonds is 5. The van der Waals surface area contributed by atoms with Gasteiger partial charge in [0, 0.05) is 12.2 Å². The SMILES string of the molecule is Cc1ccccc1CCNCc1cccc(N)c1. The number of hydrogen-bond acceptors (Lipinski definition) is 2. The quantitative estimate of drug-likeness (QED) is 0.623.